The van der Waals surface area contributed by atoms with E-state index in [4.69, 9.17) is 0 Å². The van der Waals surface area contributed by atoms with Crippen LogP contribution in [0.1, 0.15) is 184 Å². The Morgan fingerprint density at radius 1 is 0.200 bits per heavy atom. The Labute approximate surface area is 607 Å². The molecule has 0 aliphatic heterocycles. The van der Waals surface area contributed by atoms with Gasteiger partial charge in [0.25, 0.3) is 0 Å². The van der Waals surface area contributed by atoms with Gasteiger partial charge in [-0.15, -0.1) is 0 Å². The maximum absolute atomic E-state index is 3.98. The summed E-state index contributed by atoms with van der Waals surface area (Å²) in [6, 6.07) is 65.7. The van der Waals surface area contributed by atoms with Crippen LogP contribution in [0.4, 0.5) is 0 Å². The fraction of sp³-hybridized carbons (Fsp3) is 0.308. The third-order valence-electron chi connectivity index (χ3n) is 12.5. The van der Waals surface area contributed by atoms with Crippen LogP contribution >= 0.6 is 0 Å². The molecule has 0 N–H and O–H groups in total. The summed E-state index contributed by atoms with van der Waals surface area (Å²) in [5, 5.41) is 16.0. The molecule has 0 amide bonds. The molecule has 0 fully saturated rings. The summed E-state index contributed by atoms with van der Waals surface area (Å²) in [5.41, 5.74) is 8.16. The number of benzene rings is 8. The van der Waals surface area contributed by atoms with Crippen LogP contribution < -0.4 is 0 Å². The second kappa shape index (κ2) is 66.3. The van der Waals surface area contributed by atoms with E-state index in [1.165, 1.54) is 93.2 Å². The summed E-state index contributed by atoms with van der Waals surface area (Å²) < 4.78 is 0. The number of rotatable bonds is 0. The largest absolute Gasteiger partial charge is 0.265 e. The zero-order valence-corrected chi connectivity index (χ0v) is 66.9. The Morgan fingerprint density at radius 3 is 0.990 bits per heavy atom. The maximum Gasteiger partial charge on any atom is 0.125 e. The number of aryl methyl sites for hydroxylation is 8. The van der Waals surface area contributed by atoms with E-state index in [1.54, 1.807) is 68.0 Å². The molecule has 0 unspecified atom stereocenters. The second-order valence-electron chi connectivity index (χ2n) is 18.8. The topological polar surface area (TPSA) is 116 Å². The Kier molecular flexibility index (Phi) is 63.9. The molecule has 536 valence electrons. The monoisotopic (exact) mass is 1350 g/mol. The van der Waals surface area contributed by atoms with Gasteiger partial charge in [0.2, 0.25) is 0 Å². The molecule has 9 heteroatoms. The van der Waals surface area contributed by atoms with Gasteiger partial charge in [-0.25, -0.2) is 19.9 Å². The minimum Gasteiger partial charge on any atom is -0.265 e. The number of pyridine rings is 3. The van der Waals surface area contributed by atoms with Gasteiger partial charge in [0, 0.05) is 79.6 Å². The molecule has 9 nitrogen and oxygen atoms in total. The molecular formula is C91H127N9. The van der Waals surface area contributed by atoms with Gasteiger partial charge in [-0.05, 0) is 179 Å². The predicted octanol–water partition coefficient (Wildman–Crippen LogP) is 27.7. The molecule has 6 heterocycles. The van der Waals surface area contributed by atoms with Crippen molar-refractivity contribution in [3.63, 3.8) is 0 Å². The lowest BCUT2D eigenvalue weighted by molar-refractivity contribution is 1.05. The van der Waals surface area contributed by atoms with E-state index in [0.717, 1.165) is 22.9 Å². The van der Waals surface area contributed by atoms with Crippen molar-refractivity contribution in [1.29, 1.82) is 0 Å². The van der Waals surface area contributed by atoms with Gasteiger partial charge < -0.3 is 0 Å². The molecule has 0 bridgehead atoms. The summed E-state index contributed by atoms with van der Waals surface area (Å²) in [7, 11) is 0. The molecular weight excluding hydrogens is 1220 g/mol. The fourth-order valence-corrected chi connectivity index (χ4v) is 8.39. The van der Waals surface area contributed by atoms with Crippen LogP contribution in [0.25, 0.3) is 64.6 Å². The molecule has 8 aromatic carbocycles. The van der Waals surface area contributed by atoms with E-state index in [9.17, 15) is 0 Å². The van der Waals surface area contributed by atoms with E-state index in [1.807, 2.05) is 235 Å². The minimum absolute atomic E-state index is 0.822. The van der Waals surface area contributed by atoms with Gasteiger partial charge in [-0.1, -0.05) is 290 Å². The first-order valence-electron chi connectivity index (χ1n) is 36.4. The smallest absolute Gasteiger partial charge is 0.125 e. The molecule has 0 aliphatic carbocycles. The van der Waals surface area contributed by atoms with Crippen LogP contribution in [0.15, 0.2) is 263 Å². The number of hydrogen-bond acceptors (Lipinski definition) is 9. The normalized spacial score (nSPS) is 8.60. The lowest BCUT2D eigenvalue weighted by Crippen LogP contribution is -1.82. The SMILES string of the molecule is CC.CC.CC.CC.CC.CC.CC.CC.CC.CC.Cc1ccc2c(ccc3c4ccccc4ccc23)c1.Cc1cccc2c1ccc1c3ccccc3ccc21.Cc1ccccn1.Cc1cccnc1.Cc1ccncc1.Cc1ccncn1.Cc1cnccn1.Cc1ncccn1. The highest BCUT2D eigenvalue weighted by atomic mass is 14.8. The summed E-state index contributed by atoms with van der Waals surface area (Å²) in [5.74, 6) is 0.822. The standard InChI is InChI=1S/2C19H14.3C6H7N.3C5H6N2.10C2H6/c1-13-5-4-8-17-15(13)11-12-18-16-7-3-2-6-14(16)9-10-19(17)18;1-13-6-9-17-15(12-13)8-11-18-16-5-3-2-4-14(16)7-10-19(17)18;1-6-2-4-7-5-3-6;1-6-3-2-4-7-5-6;1-6-4-2-3-5-7-6;1-5-4-6-2-3-7-5;1-5-2-3-6-4-7-5;1-5-6-3-2-4-7-5;10*1-2/h2*2-12H,1H3;3*2-5H,1H3;3*2-4H,1H3;10*1-2H3. The van der Waals surface area contributed by atoms with Gasteiger partial charge in [0.15, 0.2) is 0 Å². The maximum atomic E-state index is 3.98. The number of aromatic nitrogens is 9. The minimum atomic E-state index is 0.822. The molecule has 0 spiro atoms. The van der Waals surface area contributed by atoms with E-state index in [0.29, 0.717) is 0 Å². The van der Waals surface area contributed by atoms with E-state index < -0.39 is 0 Å². The van der Waals surface area contributed by atoms with E-state index in [2.05, 4.69) is 192 Å². The van der Waals surface area contributed by atoms with Gasteiger partial charge in [-0.3, -0.25) is 24.9 Å². The van der Waals surface area contributed by atoms with Crippen molar-refractivity contribution < 1.29 is 0 Å². The Bertz CT molecular complexity index is 3790. The van der Waals surface area contributed by atoms with Crippen LogP contribution in [0, 0.1) is 55.4 Å². The molecule has 0 atom stereocenters. The lowest BCUT2D eigenvalue weighted by Gasteiger charge is -2.08. The van der Waals surface area contributed by atoms with Crippen LogP contribution in [0.2, 0.25) is 0 Å². The van der Waals surface area contributed by atoms with Gasteiger partial charge >= 0.3 is 0 Å². The summed E-state index contributed by atoms with van der Waals surface area (Å²) >= 11 is 0. The van der Waals surface area contributed by atoms with E-state index in [-0.39, 0.29) is 0 Å². The zero-order chi connectivity index (χ0) is 76.3. The highest BCUT2D eigenvalue weighted by molar-refractivity contribution is 6.18. The van der Waals surface area contributed by atoms with Crippen molar-refractivity contribution in [2.75, 3.05) is 0 Å². The highest BCUT2D eigenvalue weighted by Crippen LogP contribution is 2.33. The second-order valence-corrected chi connectivity index (χ2v) is 18.8. The predicted molar refractivity (Wildman–Crippen MR) is 448 cm³/mol. The third-order valence-corrected chi connectivity index (χ3v) is 12.5. The van der Waals surface area contributed by atoms with E-state index >= 15 is 0 Å². The van der Waals surface area contributed by atoms with Crippen LogP contribution in [0.3, 0.4) is 0 Å². The third kappa shape index (κ3) is 38.8. The van der Waals surface area contributed by atoms with Crippen molar-refractivity contribution in [2.45, 2.75) is 194 Å². The molecule has 0 saturated carbocycles. The van der Waals surface area contributed by atoms with Crippen molar-refractivity contribution in [3.05, 3.63) is 308 Å². The zero-order valence-electron chi connectivity index (χ0n) is 66.9. The van der Waals surface area contributed by atoms with Crippen molar-refractivity contribution in [1.82, 2.24) is 44.9 Å². The van der Waals surface area contributed by atoms with Gasteiger partial charge in [-0.2, -0.15) is 0 Å². The first kappa shape index (κ1) is 96.4. The average Bonchev–Trinajstić information content (AvgIpc) is 0.772. The van der Waals surface area contributed by atoms with Crippen molar-refractivity contribution in [3.8, 4) is 0 Å². The van der Waals surface area contributed by atoms with Crippen molar-refractivity contribution >= 4 is 64.6 Å². The highest BCUT2D eigenvalue weighted by Gasteiger charge is 2.06. The number of hydrogen-bond donors (Lipinski definition) is 0. The molecule has 6 aromatic heterocycles. The number of nitrogens with zero attached hydrogens (tertiary/aromatic N) is 9. The first-order chi connectivity index (χ1) is 49.0. The number of fused-ring (bicyclic) bond motifs is 10. The Hall–Kier alpha value is -9.99. The molecule has 0 radical (unpaired) electrons. The summed E-state index contributed by atoms with van der Waals surface area (Å²) in [6.45, 7) is 56.1. The molecule has 100 heavy (non-hydrogen) atoms. The quantitative estimate of drug-likeness (QED) is 0.137. The van der Waals surface area contributed by atoms with Crippen LogP contribution in [0.5, 0.6) is 0 Å². The van der Waals surface area contributed by atoms with Gasteiger partial charge in [0.1, 0.15) is 12.2 Å². The van der Waals surface area contributed by atoms with Crippen LogP contribution in [-0.4, -0.2) is 44.9 Å². The summed E-state index contributed by atoms with van der Waals surface area (Å²) in [4.78, 5) is 34.8. The molecule has 0 aliphatic rings. The average molecular weight is 1350 g/mol. The Balaban J connectivity index is -0.000000526. The lowest BCUT2D eigenvalue weighted by atomic mass is 9.95. The molecule has 14 aromatic rings. The van der Waals surface area contributed by atoms with Gasteiger partial charge in [0.05, 0.1) is 5.69 Å². The van der Waals surface area contributed by atoms with Crippen LogP contribution in [-0.2, 0) is 0 Å². The fourth-order valence-electron chi connectivity index (χ4n) is 8.39. The molecule has 14 rings (SSSR count). The molecule has 0 saturated heterocycles. The van der Waals surface area contributed by atoms with Crippen molar-refractivity contribution in [2.24, 2.45) is 0 Å². The Morgan fingerprint density at radius 2 is 0.620 bits per heavy atom. The first-order valence-corrected chi connectivity index (χ1v) is 36.4. The summed E-state index contributed by atoms with van der Waals surface area (Å²) in [6.07, 6.45) is 20.7.